The van der Waals surface area contributed by atoms with Crippen LogP contribution in [-0.4, -0.2) is 22.2 Å². The van der Waals surface area contributed by atoms with Crippen LogP contribution < -0.4 is 5.32 Å². The fraction of sp³-hybridized carbons (Fsp3) is 0.200. The highest BCUT2D eigenvalue weighted by Gasteiger charge is 2.39. The molecule has 0 saturated heterocycles. The normalized spacial score (nSPS) is 23.4. The van der Waals surface area contributed by atoms with E-state index in [1.807, 2.05) is 12.1 Å². The van der Waals surface area contributed by atoms with Gasteiger partial charge in [0.05, 0.1) is 17.2 Å². The molecule has 25 heavy (non-hydrogen) atoms. The molecule has 0 fully saturated rings. The Morgan fingerprint density at radius 1 is 1.00 bits per heavy atom. The Hall–Kier alpha value is -3.08. The van der Waals surface area contributed by atoms with E-state index in [-0.39, 0.29) is 23.4 Å². The number of fused-ring (bicyclic) bond motifs is 3. The van der Waals surface area contributed by atoms with Crippen LogP contribution in [0, 0.1) is 5.92 Å². The van der Waals surface area contributed by atoms with Gasteiger partial charge in [0, 0.05) is 11.6 Å². The molecule has 5 nitrogen and oxygen atoms in total. The van der Waals surface area contributed by atoms with Crippen LogP contribution in [-0.2, 0) is 0 Å². The van der Waals surface area contributed by atoms with Crippen LogP contribution in [0.2, 0.25) is 0 Å². The largest absolute Gasteiger partial charge is 0.478 e. The Balaban J connectivity index is 1.81. The molecule has 1 aliphatic heterocycles. The summed E-state index contributed by atoms with van der Waals surface area (Å²) in [5, 5.41) is 22.2. The minimum absolute atomic E-state index is 0.0856. The second kappa shape index (κ2) is 5.77. The van der Waals surface area contributed by atoms with Gasteiger partial charge in [-0.25, -0.2) is 9.59 Å². The van der Waals surface area contributed by atoms with E-state index >= 15 is 0 Å². The molecular formula is C20H17NO4. The molecule has 3 N–H and O–H groups in total. The third-order valence-corrected chi connectivity index (χ3v) is 5.14. The number of anilines is 1. The average molecular weight is 335 g/mol. The molecule has 0 unspecified atom stereocenters. The molecule has 0 aromatic heterocycles. The van der Waals surface area contributed by atoms with Crippen molar-refractivity contribution < 1.29 is 19.8 Å². The van der Waals surface area contributed by atoms with Gasteiger partial charge < -0.3 is 15.5 Å². The maximum absolute atomic E-state index is 11.6. The fourth-order valence-electron chi connectivity index (χ4n) is 4.00. The molecule has 126 valence electrons. The zero-order chi connectivity index (χ0) is 17.6. The highest BCUT2D eigenvalue weighted by molar-refractivity contribution is 5.90. The zero-order valence-electron chi connectivity index (χ0n) is 13.3. The van der Waals surface area contributed by atoms with E-state index < -0.39 is 11.9 Å². The molecule has 0 bridgehead atoms. The van der Waals surface area contributed by atoms with Gasteiger partial charge in [0.15, 0.2) is 0 Å². The number of carbonyl (C=O) groups is 2. The zero-order valence-corrected chi connectivity index (χ0v) is 13.3. The van der Waals surface area contributed by atoms with E-state index in [2.05, 4.69) is 17.5 Å². The van der Waals surface area contributed by atoms with Gasteiger partial charge in [0.25, 0.3) is 0 Å². The minimum atomic E-state index is -0.945. The molecule has 2 aromatic rings. The molecule has 2 aromatic carbocycles. The predicted octanol–water partition coefficient (Wildman–Crippen LogP) is 3.91. The minimum Gasteiger partial charge on any atom is -0.478 e. The number of aromatic carboxylic acids is 2. The van der Waals surface area contributed by atoms with E-state index in [9.17, 15) is 19.8 Å². The molecule has 0 saturated carbocycles. The monoisotopic (exact) mass is 335 g/mol. The highest BCUT2D eigenvalue weighted by Crippen LogP contribution is 2.50. The summed E-state index contributed by atoms with van der Waals surface area (Å²) in [5.74, 6) is -1.63. The van der Waals surface area contributed by atoms with E-state index in [1.165, 1.54) is 0 Å². The van der Waals surface area contributed by atoms with Gasteiger partial charge in [-0.15, -0.1) is 0 Å². The number of carboxylic acid groups (broad SMARTS) is 2. The first-order valence-corrected chi connectivity index (χ1v) is 8.19. The Morgan fingerprint density at radius 3 is 2.56 bits per heavy atom. The van der Waals surface area contributed by atoms with E-state index in [4.69, 9.17) is 0 Å². The summed E-state index contributed by atoms with van der Waals surface area (Å²) in [5.41, 5.74) is 3.16. The van der Waals surface area contributed by atoms with E-state index in [0.717, 1.165) is 23.2 Å². The average Bonchev–Trinajstić information content (AvgIpc) is 3.10. The molecule has 1 heterocycles. The van der Waals surface area contributed by atoms with Gasteiger partial charge in [-0.3, -0.25) is 0 Å². The van der Waals surface area contributed by atoms with Crippen molar-refractivity contribution in [2.24, 2.45) is 5.92 Å². The van der Waals surface area contributed by atoms with Gasteiger partial charge in [-0.2, -0.15) is 0 Å². The van der Waals surface area contributed by atoms with Crippen molar-refractivity contribution in [2.45, 2.75) is 18.4 Å². The molecule has 2 aliphatic rings. The Kier molecular flexibility index (Phi) is 3.57. The third kappa shape index (κ3) is 2.48. The van der Waals surface area contributed by atoms with Gasteiger partial charge >= 0.3 is 11.9 Å². The molecule has 1 aliphatic carbocycles. The van der Waals surface area contributed by atoms with Gasteiger partial charge in [0.2, 0.25) is 0 Å². The Morgan fingerprint density at radius 2 is 1.80 bits per heavy atom. The van der Waals surface area contributed by atoms with Gasteiger partial charge in [-0.05, 0) is 47.7 Å². The molecular weight excluding hydrogens is 318 g/mol. The topological polar surface area (TPSA) is 86.6 Å². The smallest absolute Gasteiger partial charge is 0.336 e. The van der Waals surface area contributed by atoms with Gasteiger partial charge in [-0.1, -0.05) is 30.4 Å². The Labute approximate surface area is 144 Å². The van der Waals surface area contributed by atoms with Crippen molar-refractivity contribution in [1.29, 1.82) is 0 Å². The lowest BCUT2D eigenvalue weighted by Gasteiger charge is -2.38. The third-order valence-electron chi connectivity index (χ3n) is 5.14. The lowest BCUT2D eigenvalue weighted by molar-refractivity contribution is 0.0684. The van der Waals surface area contributed by atoms with E-state index in [0.29, 0.717) is 5.56 Å². The maximum atomic E-state index is 11.6. The fourth-order valence-corrected chi connectivity index (χ4v) is 4.00. The number of carboxylic acids is 2. The highest BCUT2D eigenvalue weighted by atomic mass is 16.4. The standard InChI is InChI=1S/C20H17NO4/c22-19(23)11-8-9-17-16(10-11)12-6-3-7-13(12)18(21-17)14-4-1-2-5-15(14)20(24)25/h1-6,8-10,12-13,18,21H,7H2,(H,22,23)(H,24,25)/t12-,13+,18-/m1/s1. The summed E-state index contributed by atoms with van der Waals surface area (Å²) in [7, 11) is 0. The van der Waals surface area contributed by atoms with Crippen molar-refractivity contribution in [3.8, 4) is 0 Å². The molecule has 5 heteroatoms. The molecule has 4 rings (SSSR count). The van der Waals surface area contributed by atoms with Gasteiger partial charge in [0.1, 0.15) is 0 Å². The predicted molar refractivity (Wildman–Crippen MR) is 93.2 cm³/mol. The number of nitrogens with one attached hydrogen (secondary N) is 1. The molecule has 3 atom stereocenters. The van der Waals surface area contributed by atoms with Crippen molar-refractivity contribution in [1.82, 2.24) is 0 Å². The van der Waals surface area contributed by atoms with Crippen LogP contribution in [0.25, 0.3) is 0 Å². The number of hydrogen-bond donors (Lipinski definition) is 3. The number of rotatable bonds is 3. The first-order valence-electron chi connectivity index (χ1n) is 8.19. The van der Waals surface area contributed by atoms with Crippen LogP contribution in [0.5, 0.6) is 0 Å². The summed E-state index contributed by atoms with van der Waals surface area (Å²) < 4.78 is 0. The lowest BCUT2D eigenvalue weighted by Crippen LogP contribution is -2.30. The summed E-state index contributed by atoms with van der Waals surface area (Å²) in [6.45, 7) is 0. The van der Waals surface area contributed by atoms with Crippen LogP contribution in [0.1, 0.15) is 50.2 Å². The van der Waals surface area contributed by atoms with Crippen LogP contribution >= 0.6 is 0 Å². The summed E-state index contributed by atoms with van der Waals surface area (Å²) in [6.07, 6.45) is 5.02. The second-order valence-electron chi connectivity index (χ2n) is 6.48. The Bertz CT molecular complexity index is 902. The summed E-state index contributed by atoms with van der Waals surface area (Å²) >= 11 is 0. The quantitative estimate of drug-likeness (QED) is 0.740. The number of benzene rings is 2. The van der Waals surface area contributed by atoms with E-state index in [1.54, 1.807) is 30.3 Å². The number of allylic oxidation sites excluding steroid dienone is 2. The van der Waals surface area contributed by atoms with Crippen molar-refractivity contribution in [2.75, 3.05) is 5.32 Å². The van der Waals surface area contributed by atoms with Crippen molar-refractivity contribution >= 4 is 17.6 Å². The SMILES string of the molecule is O=C(O)c1ccc2c(c1)[C@@H]1C=CC[C@@H]1[C@H](c1ccccc1C(=O)O)N2. The first-order chi connectivity index (χ1) is 12.1. The molecule has 0 amide bonds. The van der Waals surface area contributed by atoms with Crippen LogP contribution in [0.15, 0.2) is 54.6 Å². The lowest BCUT2D eigenvalue weighted by atomic mass is 9.76. The van der Waals surface area contributed by atoms with Crippen molar-refractivity contribution in [3.05, 3.63) is 76.9 Å². The van der Waals surface area contributed by atoms with Crippen molar-refractivity contribution in [3.63, 3.8) is 0 Å². The number of hydrogen-bond acceptors (Lipinski definition) is 3. The molecule has 0 spiro atoms. The molecule has 0 radical (unpaired) electrons. The summed E-state index contributed by atoms with van der Waals surface area (Å²) in [4.78, 5) is 22.9. The van der Waals surface area contributed by atoms with Crippen LogP contribution in [0.3, 0.4) is 0 Å². The second-order valence-corrected chi connectivity index (χ2v) is 6.48. The maximum Gasteiger partial charge on any atom is 0.336 e. The van der Waals surface area contributed by atoms with Crippen LogP contribution in [0.4, 0.5) is 5.69 Å². The first kappa shape index (κ1) is 15.4. The summed E-state index contributed by atoms with van der Waals surface area (Å²) in [6, 6.07) is 12.0.